The molecule has 0 saturated heterocycles. The fourth-order valence-corrected chi connectivity index (χ4v) is 1.80. The topological polar surface area (TPSA) is 38.3 Å². The highest BCUT2D eigenvalue weighted by atomic mass is 16.5. The summed E-state index contributed by atoms with van der Waals surface area (Å²) in [4.78, 5) is 11.5. The van der Waals surface area contributed by atoms with Crippen LogP contribution in [-0.2, 0) is 9.53 Å². The normalized spacial score (nSPS) is 14.9. The van der Waals surface area contributed by atoms with Gasteiger partial charge < -0.3 is 10.1 Å². The van der Waals surface area contributed by atoms with Crippen molar-refractivity contribution in [2.75, 3.05) is 13.2 Å². The third kappa shape index (κ3) is 6.83. The molecule has 0 aromatic rings. The van der Waals surface area contributed by atoms with E-state index in [0.717, 1.165) is 19.4 Å². The minimum atomic E-state index is -0.120. The van der Waals surface area contributed by atoms with Crippen molar-refractivity contribution in [2.45, 2.75) is 59.4 Å². The van der Waals surface area contributed by atoms with Crippen LogP contribution in [0.25, 0.3) is 0 Å². The minimum absolute atomic E-state index is 0.102. The van der Waals surface area contributed by atoms with Gasteiger partial charge in [-0.25, -0.2) is 0 Å². The van der Waals surface area contributed by atoms with Gasteiger partial charge in [-0.15, -0.1) is 0 Å². The summed E-state index contributed by atoms with van der Waals surface area (Å²) in [5.41, 5.74) is -0.120. The van der Waals surface area contributed by atoms with E-state index < -0.39 is 0 Å². The zero-order valence-corrected chi connectivity index (χ0v) is 11.4. The summed E-state index contributed by atoms with van der Waals surface area (Å²) in [7, 11) is 0. The molecule has 0 aliphatic rings. The van der Waals surface area contributed by atoms with E-state index in [1.54, 1.807) is 0 Å². The van der Waals surface area contributed by atoms with Crippen molar-refractivity contribution >= 4 is 5.97 Å². The van der Waals surface area contributed by atoms with Gasteiger partial charge in [-0.05, 0) is 39.2 Å². The van der Waals surface area contributed by atoms with Gasteiger partial charge in [0.05, 0.1) is 13.0 Å². The Morgan fingerprint density at radius 2 is 2.00 bits per heavy atom. The van der Waals surface area contributed by atoms with Crippen molar-refractivity contribution in [1.82, 2.24) is 5.32 Å². The van der Waals surface area contributed by atoms with Crippen molar-refractivity contribution in [3.8, 4) is 0 Å². The molecule has 96 valence electrons. The molecule has 0 heterocycles. The Kier molecular flexibility index (Phi) is 7.39. The molecule has 0 saturated carbocycles. The number of carbonyl (C=O) groups is 1. The van der Waals surface area contributed by atoms with Crippen LogP contribution in [0.3, 0.4) is 0 Å². The van der Waals surface area contributed by atoms with Crippen LogP contribution in [0.5, 0.6) is 0 Å². The first-order valence-corrected chi connectivity index (χ1v) is 6.34. The van der Waals surface area contributed by atoms with Gasteiger partial charge in [0.1, 0.15) is 0 Å². The van der Waals surface area contributed by atoms with Crippen molar-refractivity contribution in [3.05, 3.63) is 0 Å². The van der Waals surface area contributed by atoms with Gasteiger partial charge in [0, 0.05) is 5.54 Å². The molecule has 3 nitrogen and oxygen atoms in total. The van der Waals surface area contributed by atoms with Crippen LogP contribution in [0.4, 0.5) is 0 Å². The van der Waals surface area contributed by atoms with E-state index in [1.165, 1.54) is 0 Å². The summed E-state index contributed by atoms with van der Waals surface area (Å²) in [6, 6.07) is 0. The maximum absolute atomic E-state index is 11.5. The second-order valence-corrected chi connectivity index (χ2v) is 5.01. The van der Waals surface area contributed by atoms with Crippen LogP contribution in [0.15, 0.2) is 0 Å². The molecule has 3 heteroatoms. The van der Waals surface area contributed by atoms with Crippen LogP contribution in [0.1, 0.15) is 53.9 Å². The quantitative estimate of drug-likeness (QED) is 0.650. The second-order valence-electron chi connectivity index (χ2n) is 5.01. The van der Waals surface area contributed by atoms with E-state index in [9.17, 15) is 4.79 Å². The third-order valence-electron chi connectivity index (χ3n) is 2.72. The van der Waals surface area contributed by atoms with Gasteiger partial charge in [-0.1, -0.05) is 20.8 Å². The van der Waals surface area contributed by atoms with E-state index in [0.29, 0.717) is 18.9 Å². The summed E-state index contributed by atoms with van der Waals surface area (Å²) >= 11 is 0. The zero-order chi connectivity index (χ0) is 12.6. The van der Waals surface area contributed by atoms with Crippen LogP contribution < -0.4 is 5.32 Å². The molecule has 0 aromatic heterocycles. The lowest BCUT2D eigenvalue weighted by Gasteiger charge is -2.30. The van der Waals surface area contributed by atoms with Gasteiger partial charge in [0.25, 0.3) is 0 Å². The second kappa shape index (κ2) is 7.66. The molecular weight excluding hydrogens is 202 g/mol. The van der Waals surface area contributed by atoms with E-state index in [4.69, 9.17) is 4.74 Å². The summed E-state index contributed by atoms with van der Waals surface area (Å²) in [6.07, 6.45) is 2.60. The van der Waals surface area contributed by atoms with Crippen LogP contribution >= 0.6 is 0 Å². The van der Waals surface area contributed by atoms with E-state index in [1.807, 2.05) is 6.92 Å². The van der Waals surface area contributed by atoms with Gasteiger partial charge >= 0.3 is 5.97 Å². The average molecular weight is 229 g/mol. The number of ether oxygens (including phenoxy) is 1. The average Bonchev–Trinajstić information content (AvgIpc) is 2.15. The Morgan fingerprint density at radius 1 is 1.38 bits per heavy atom. The number of carbonyl (C=O) groups excluding carboxylic acids is 1. The smallest absolute Gasteiger partial charge is 0.307 e. The molecule has 1 atom stereocenters. The maximum Gasteiger partial charge on any atom is 0.307 e. The molecule has 0 aliphatic heterocycles. The molecule has 0 rings (SSSR count). The number of rotatable bonds is 8. The Balaban J connectivity index is 4.25. The van der Waals surface area contributed by atoms with E-state index >= 15 is 0 Å². The van der Waals surface area contributed by atoms with Gasteiger partial charge in [-0.2, -0.15) is 0 Å². The van der Waals surface area contributed by atoms with Gasteiger partial charge in [0.2, 0.25) is 0 Å². The summed E-state index contributed by atoms with van der Waals surface area (Å²) in [5, 5.41) is 3.40. The Hall–Kier alpha value is -0.570. The highest BCUT2D eigenvalue weighted by molar-refractivity contribution is 5.70. The van der Waals surface area contributed by atoms with Crippen molar-refractivity contribution in [1.29, 1.82) is 0 Å². The molecule has 0 aliphatic carbocycles. The molecule has 0 amide bonds. The van der Waals surface area contributed by atoms with Crippen LogP contribution in [0, 0.1) is 5.92 Å². The molecule has 0 fully saturated rings. The Morgan fingerprint density at radius 3 is 2.44 bits per heavy atom. The Bertz CT molecular complexity index is 204. The van der Waals surface area contributed by atoms with Crippen LogP contribution in [-0.4, -0.2) is 24.7 Å². The summed E-state index contributed by atoms with van der Waals surface area (Å²) in [5.74, 6) is 0.565. The lowest BCUT2D eigenvalue weighted by Crippen LogP contribution is -2.44. The van der Waals surface area contributed by atoms with Crippen LogP contribution in [0.2, 0.25) is 0 Å². The van der Waals surface area contributed by atoms with Gasteiger partial charge in [0.15, 0.2) is 0 Å². The third-order valence-corrected chi connectivity index (χ3v) is 2.72. The predicted octanol–water partition coefficient (Wildman–Crippen LogP) is 2.74. The van der Waals surface area contributed by atoms with Gasteiger partial charge in [-0.3, -0.25) is 4.79 Å². The first-order valence-electron chi connectivity index (χ1n) is 6.34. The molecule has 1 unspecified atom stereocenters. The number of esters is 1. The van der Waals surface area contributed by atoms with Crippen molar-refractivity contribution in [3.63, 3.8) is 0 Å². The number of nitrogens with one attached hydrogen (secondary N) is 1. The predicted molar refractivity (Wildman–Crippen MR) is 67.4 cm³/mol. The lowest BCUT2D eigenvalue weighted by atomic mass is 9.89. The summed E-state index contributed by atoms with van der Waals surface area (Å²) in [6.45, 7) is 11.8. The number of hydrogen-bond donors (Lipinski definition) is 1. The molecule has 1 N–H and O–H groups in total. The van der Waals surface area contributed by atoms with Crippen molar-refractivity contribution in [2.24, 2.45) is 5.92 Å². The largest absolute Gasteiger partial charge is 0.466 e. The standard InChI is InChI=1S/C13H27NO2/c1-6-14-13(5,9-8-11(3)4)10-12(15)16-7-2/h11,14H,6-10H2,1-5H3. The minimum Gasteiger partial charge on any atom is -0.466 e. The zero-order valence-electron chi connectivity index (χ0n) is 11.4. The molecule has 0 aromatic carbocycles. The fourth-order valence-electron chi connectivity index (χ4n) is 1.80. The molecule has 0 spiro atoms. The molecule has 16 heavy (non-hydrogen) atoms. The highest BCUT2D eigenvalue weighted by Gasteiger charge is 2.27. The number of hydrogen-bond acceptors (Lipinski definition) is 3. The fraction of sp³-hybridized carbons (Fsp3) is 0.923. The van der Waals surface area contributed by atoms with Crippen molar-refractivity contribution < 1.29 is 9.53 Å². The lowest BCUT2D eigenvalue weighted by molar-refractivity contribution is -0.144. The van der Waals surface area contributed by atoms with E-state index in [-0.39, 0.29) is 11.5 Å². The first kappa shape index (κ1) is 15.4. The SMILES string of the molecule is CCNC(C)(CCC(C)C)CC(=O)OCC. The maximum atomic E-state index is 11.5. The Labute approximate surface area is 99.9 Å². The monoisotopic (exact) mass is 229 g/mol. The summed E-state index contributed by atoms with van der Waals surface area (Å²) < 4.78 is 5.01. The molecular formula is C13H27NO2. The molecule has 0 radical (unpaired) electrons. The molecule has 0 bridgehead atoms. The first-order chi connectivity index (χ1) is 7.43. The van der Waals surface area contributed by atoms with E-state index in [2.05, 4.69) is 33.0 Å². The highest BCUT2D eigenvalue weighted by Crippen LogP contribution is 2.20.